The molecule has 2 bridgehead atoms. The van der Waals surface area contributed by atoms with Crippen LogP contribution in [-0.4, -0.2) is 41.4 Å². The van der Waals surface area contributed by atoms with Crippen LogP contribution in [0, 0.1) is 5.92 Å². The van der Waals surface area contributed by atoms with Crippen molar-refractivity contribution in [1.29, 1.82) is 0 Å². The fourth-order valence-electron chi connectivity index (χ4n) is 3.27. The fourth-order valence-corrected chi connectivity index (χ4v) is 4.38. The van der Waals surface area contributed by atoms with E-state index in [0.29, 0.717) is 12.0 Å². The standard InChI is InChI=1S/C14H19ClN2OS/c1-10(18)16-6-11-2-3-12(8-16)17(7-11)9-13-4-5-14(15)19-13/h4-5,11-12H,2-3,6-9H2,1H3/t11-,12+/m1/s1. The van der Waals surface area contributed by atoms with Crippen molar-refractivity contribution >= 4 is 28.8 Å². The Morgan fingerprint density at radius 2 is 2.21 bits per heavy atom. The number of amides is 1. The van der Waals surface area contributed by atoms with Crippen molar-refractivity contribution in [2.24, 2.45) is 5.92 Å². The van der Waals surface area contributed by atoms with E-state index < -0.39 is 0 Å². The van der Waals surface area contributed by atoms with Crippen LogP contribution < -0.4 is 0 Å². The van der Waals surface area contributed by atoms with Crippen molar-refractivity contribution in [3.8, 4) is 0 Å². The topological polar surface area (TPSA) is 23.6 Å². The molecule has 4 heterocycles. The molecule has 0 aromatic carbocycles. The lowest BCUT2D eigenvalue weighted by Crippen LogP contribution is -2.43. The van der Waals surface area contributed by atoms with E-state index in [9.17, 15) is 4.79 Å². The van der Waals surface area contributed by atoms with Crippen molar-refractivity contribution in [2.75, 3.05) is 19.6 Å². The Morgan fingerprint density at radius 3 is 2.89 bits per heavy atom. The van der Waals surface area contributed by atoms with Gasteiger partial charge in [0.2, 0.25) is 5.91 Å². The summed E-state index contributed by atoms with van der Waals surface area (Å²) in [5, 5.41) is 0. The van der Waals surface area contributed by atoms with E-state index in [1.165, 1.54) is 17.7 Å². The lowest BCUT2D eigenvalue weighted by Gasteiger charge is -2.35. The zero-order chi connectivity index (χ0) is 13.4. The van der Waals surface area contributed by atoms with Crippen molar-refractivity contribution in [1.82, 2.24) is 9.80 Å². The van der Waals surface area contributed by atoms with Crippen LogP contribution in [0.25, 0.3) is 0 Å². The van der Waals surface area contributed by atoms with Gasteiger partial charge >= 0.3 is 0 Å². The number of carbonyl (C=O) groups excluding carboxylic acids is 1. The summed E-state index contributed by atoms with van der Waals surface area (Å²) < 4.78 is 0.861. The summed E-state index contributed by atoms with van der Waals surface area (Å²) in [6.07, 6.45) is 2.48. The number of hydrogen-bond donors (Lipinski definition) is 0. The van der Waals surface area contributed by atoms with Crippen molar-refractivity contribution in [2.45, 2.75) is 32.4 Å². The van der Waals surface area contributed by atoms with Crippen LogP contribution in [0.4, 0.5) is 0 Å². The third-order valence-electron chi connectivity index (χ3n) is 4.26. The Bertz CT molecular complexity index is 476. The summed E-state index contributed by atoms with van der Waals surface area (Å²) in [6, 6.07) is 4.61. The molecule has 1 aromatic rings. The second kappa shape index (κ2) is 5.43. The molecule has 0 spiro atoms. The largest absolute Gasteiger partial charge is 0.341 e. The Balaban J connectivity index is 1.72. The summed E-state index contributed by atoms with van der Waals surface area (Å²) >= 11 is 7.67. The smallest absolute Gasteiger partial charge is 0.219 e. The zero-order valence-corrected chi connectivity index (χ0v) is 12.7. The molecule has 0 radical (unpaired) electrons. The molecule has 0 aliphatic carbocycles. The lowest BCUT2D eigenvalue weighted by molar-refractivity contribution is -0.129. The Morgan fingerprint density at radius 1 is 1.37 bits per heavy atom. The maximum Gasteiger partial charge on any atom is 0.219 e. The number of nitrogens with zero attached hydrogens (tertiary/aromatic N) is 2. The SMILES string of the molecule is CC(=O)N1C[C@H]2CC[C@@H](C1)N(Cc1ccc(Cl)s1)C2. The van der Waals surface area contributed by atoms with Gasteiger partial charge in [0.25, 0.3) is 0 Å². The molecule has 3 saturated heterocycles. The van der Waals surface area contributed by atoms with Gasteiger partial charge in [-0.2, -0.15) is 0 Å². The van der Waals surface area contributed by atoms with Crippen LogP contribution in [0.1, 0.15) is 24.6 Å². The van der Waals surface area contributed by atoms with E-state index in [-0.39, 0.29) is 5.91 Å². The third-order valence-corrected chi connectivity index (χ3v) is 5.48. The molecule has 0 N–H and O–H groups in total. The number of piperidine rings is 1. The molecule has 3 nitrogen and oxygen atoms in total. The Hall–Kier alpha value is -0.580. The van der Waals surface area contributed by atoms with E-state index >= 15 is 0 Å². The van der Waals surface area contributed by atoms with Gasteiger partial charge < -0.3 is 4.90 Å². The number of fused-ring (bicyclic) bond motifs is 4. The highest BCUT2D eigenvalue weighted by Crippen LogP contribution is 2.31. The molecule has 19 heavy (non-hydrogen) atoms. The van der Waals surface area contributed by atoms with Gasteiger partial charge in [0.05, 0.1) is 4.34 Å². The Labute approximate surface area is 123 Å². The molecule has 5 heteroatoms. The summed E-state index contributed by atoms with van der Waals surface area (Å²) in [7, 11) is 0. The molecule has 4 rings (SSSR count). The van der Waals surface area contributed by atoms with E-state index in [2.05, 4.69) is 11.0 Å². The average Bonchev–Trinajstić information content (AvgIpc) is 2.61. The molecule has 104 valence electrons. The molecule has 0 saturated carbocycles. The van der Waals surface area contributed by atoms with Crippen LogP contribution in [0.2, 0.25) is 4.34 Å². The molecule has 2 atom stereocenters. The number of thiophene rings is 1. The van der Waals surface area contributed by atoms with E-state index in [4.69, 9.17) is 11.6 Å². The predicted octanol–water partition coefficient (Wildman–Crippen LogP) is 2.84. The molecule has 1 amide bonds. The van der Waals surface area contributed by atoms with Gasteiger partial charge in [-0.1, -0.05) is 11.6 Å². The third kappa shape index (κ3) is 2.96. The first-order valence-electron chi connectivity index (χ1n) is 6.85. The molecule has 3 fully saturated rings. The molecular weight excluding hydrogens is 280 g/mol. The van der Waals surface area contributed by atoms with Crippen LogP contribution in [-0.2, 0) is 11.3 Å². The minimum absolute atomic E-state index is 0.220. The summed E-state index contributed by atoms with van der Waals surface area (Å²) in [4.78, 5) is 17.5. The van der Waals surface area contributed by atoms with Crippen molar-refractivity contribution < 1.29 is 4.79 Å². The van der Waals surface area contributed by atoms with E-state index in [0.717, 1.165) is 30.5 Å². The first-order chi connectivity index (χ1) is 9.11. The second-order valence-electron chi connectivity index (χ2n) is 5.66. The maximum absolute atomic E-state index is 11.6. The van der Waals surface area contributed by atoms with E-state index in [1.807, 2.05) is 11.0 Å². The Kier molecular flexibility index (Phi) is 3.83. The fraction of sp³-hybridized carbons (Fsp3) is 0.643. The quantitative estimate of drug-likeness (QED) is 0.838. The molecule has 3 aliphatic rings. The van der Waals surface area contributed by atoms with Gasteiger partial charge in [0.15, 0.2) is 0 Å². The van der Waals surface area contributed by atoms with Gasteiger partial charge in [-0.05, 0) is 30.9 Å². The van der Waals surface area contributed by atoms with Crippen LogP contribution in [0.15, 0.2) is 12.1 Å². The van der Waals surface area contributed by atoms with Crippen molar-refractivity contribution in [3.63, 3.8) is 0 Å². The second-order valence-corrected chi connectivity index (χ2v) is 7.46. The lowest BCUT2D eigenvalue weighted by atomic mass is 9.95. The average molecular weight is 299 g/mol. The summed E-state index contributed by atoms with van der Waals surface area (Å²) in [5.41, 5.74) is 0. The van der Waals surface area contributed by atoms with Gasteiger partial charge in [-0.3, -0.25) is 9.69 Å². The number of halogens is 1. The van der Waals surface area contributed by atoms with Gasteiger partial charge in [0, 0.05) is 44.0 Å². The summed E-state index contributed by atoms with van der Waals surface area (Å²) in [5.74, 6) is 0.857. The normalized spacial score (nSPS) is 27.6. The molecular formula is C14H19ClN2OS. The first kappa shape index (κ1) is 13.4. The highest BCUT2D eigenvalue weighted by molar-refractivity contribution is 7.16. The van der Waals surface area contributed by atoms with Gasteiger partial charge in [-0.25, -0.2) is 0 Å². The van der Waals surface area contributed by atoms with E-state index in [1.54, 1.807) is 18.3 Å². The minimum Gasteiger partial charge on any atom is -0.341 e. The van der Waals surface area contributed by atoms with Crippen LogP contribution in [0.3, 0.4) is 0 Å². The number of rotatable bonds is 2. The van der Waals surface area contributed by atoms with Crippen molar-refractivity contribution in [3.05, 3.63) is 21.3 Å². The number of hydrogen-bond acceptors (Lipinski definition) is 3. The molecule has 0 unspecified atom stereocenters. The minimum atomic E-state index is 0.220. The zero-order valence-electron chi connectivity index (χ0n) is 11.1. The first-order valence-corrected chi connectivity index (χ1v) is 8.05. The van der Waals surface area contributed by atoms with Gasteiger partial charge in [-0.15, -0.1) is 11.3 Å². The van der Waals surface area contributed by atoms with Gasteiger partial charge in [0.1, 0.15) is 0 Å². The molecule has 3 aliphatic heterocycles. The highest BCUT2D eigenvalue weighted by Gasteiger charge is 2.35. The highest BCUT2D eigenvalue weighted by atomic mass is 35.5. The van der Waals surface area contributed by atoms with Crippen LogP contribution in [0.5, 0.6) is 0 Å². The monoisotopic (exact) mass is 298 g/mol. The molecule has 1 aromatic heterocycles. The summed E-state index contributed by atoms with van der Waals surface area (Å²) in [6.45, 7) is 5.61. The maximum atomic E-state index is 11.6. The van der Waals surface area contributed by atoms with Crippen LogP contribution >= 0.6 is 22.9 Å². The number of carbonyl (C=O) groups is 1. The predicted molar refractivity (Wildman–Crippen MR) is 78.5 cm³/mol.